The number of hydrogen-bond donors (Lipinski definition) is 0. The molecule has 32 heavy (non-hydrogen) atoms. The van der Waals surface area contributed by atoms with E-state index in [1.165, 1.54) is 4.90 Å². The summed E-state index contributed by atoms with van der Waals surface area (Å²) in [7, 11) is 0. The third-order valence-electron chi connectivity index (χ3n) is 5.29. The summed E-state index contributed by atoms with van der Waals surface area (Å²) in [6.07, 6.45) is 0. The van der Waals surface area contributed by atoms with Crippen LogP contribution in [-0.2, 0) is 16.1 Å². The maximum absolute atomic E-state index is 12.8. The number of nitrogens with zero attached hydrogens (tertiary/aromatic N) is 4. The number of aromatic nitrogens is 2. The molecule has 0 N–H and O–H groups in total. The first-order valence-electron chi connectivity index (χ1n) is 10.1. The molecule has 164 valence electrons. The Hall–Kier alpha value is -3.43. The molecule has 2 aliphatic rings. The van der Waals surface area contributed by atoms with Crippen LogP contribution in [0.15, 0.2) is 47.0 Å². The molecule has 9 nitrogen and oxygen atoms in total. The summed E-state index contributed by atoms with van der Waals surface area (Å²) < 4.78 is 16.2. The maximum Gasteiger partial charge on any atom is 0.265 e. The SMILES string of the molecule is O=C(c1cccc(-c2noc(CN3C(=O)COc4ccc(Cl)cc43)n2)c1)N1CCOCC1. The second-order valence-corrected chi connectivity index (χ2v) is 7.81. The van der Waals surface area contributed by atoms with Gasteiger partial charge in [-0.05, 0) is 30.3 Å². The van der Waals surface area contributed by atoms with Crippen molar-refractivity contribution < 1.29 is 23.6 Å². The van der Waals surface area contributed by atoms with Gasteiger partial charge in [-0.2, -0.15) is 4.98 Å². The Morgan fingerprint density at radius 2 is 1.97 bits per heavy atom. The lowest BCUT2D eigenvalue weighted by Crippen LogP contribution is -2.40. The van der Waals surface area contributed by atoms with Crippen LogP contribution in [0.3, 0.4) is 0 Å². The summed E-state index contributed by atoms with van der Waals surface area (Å²) in [4.78, 5) is 32.9. The summed E-state index contributed by atoms with van der Waals surface area (Å²) in [5.74, 6) is 0.849. The summed E-state index contributed by atoms with van der Waals surface area (Å²) in [5, 5.41) is 4.52. The van der Waals surface area contributed by atoms with E-state index in [1.807, 2.05) is 0 Å². The highest BCUT2D eigenvalue weighted by Gasteiger charge is 2.28. The van der Waals surface area contributed by atoms with Crippen molar-refractivity contribution in [3.63, 3.8) is 0 Å². The van der Waals surface area contributed by atoms with Crippen LogP contribution in [0.2, 0.25) is 5.02 Å². The first-order chi connectivity index (χ1) is 15.6. The summed E-state index contributed by atoms with van der Waals surface area (Å²) in [5.41, 5.74) is 1.74. The summed E-state index contributed by atoms with van der Waals surface area (Å²) >= 11 is 6.09. The number of carbonyl (C=O) groups is 2. The molecular weight excluding hydrogens is 436 g/mol. The first-order valence-corrected chi connectivity index (χ1v) is 10.5. The van der Waals surface area contributed by atoms with Gasteiger partial charge in [0.15, 0.2) is 6.61 Å². The van der Waals surface area contributed by atoms with E-state index < -0.39 is 0 Å². The molecule has 0 aliphatic carbocycles. The topological polar surface area (TPSA) is 98.0 Å². The highest BCUT2D eigenvalue weighted by molar-refractivity contribution is 6.31. The van der Waals surface area contributed by atoms with Gasteiger partial charge < -0.3 is 18.9 Å². The lowest BCUT2D eigenvalue weighted by Gasteiger charge is -2.28. The van der Waals surface area contributed by atoms with Crippen molar-refractivity contribution in [2.75, 3.05) is 37.8 Å². The quantitative estimate of drug-likeness (QED) is 0.597. The number of halogens is 1. The van der Waals surface area contributed by atoms with Gasteiger partial charge in [0.05, 0.1) is 18.9 Å². The molecule has 10 heteroatoms. The second kappa shape index (κ2) is 8.60. The standard InChI is InChI=1S/C22H19ClN4O5/c23-16-4-5-18-17(11-16)27(20(28)13-31-18)12-19-24-21(25-32-19)14-2-1-3-15(10-14)22(29)26-6-8-30-9-7-26/h1-5,10-11H,6-9,12-13H2. The van der Waals surface area contributed by atoms with Crippen LogP contribution in [0.1, 0.15) is 16.2 Å². The van der Waals surface area contributed by atoms with Gasteiger partial charge in [0.25, 0.3) is 11.8 Å². The van der Waals surface area contributed by atoms with Crippen molar-refractivity contribution in [2.45, 2.75) is 6.54 Å². The maximum atomic E-state index is 12.8. The van der Waals surface area contributed by atoms with E-state index in [0.29, 0.717) is 59.7 Å². The minimum atomic E-state index is -0.238. The molecule has 2 aromatic carbocycles. The van der Waals surface area contributed by atoms with Gasteiger partial charge in [-0.3, -0.25) is 14.5 Å². The molecule has 3 aromatic rings. The van der Waals surface area contributed by atoms with Crippen molar-refractivity contribution >= 4 is 29.1 Å². The van der Waals surface area contributed by atoms with Crippen LogP contribution >= 0.6 is 11.6 Å². The minimum Gasteiger partial charge on any atom is -0.482 e. The number of fused-ring (bicyclic) bond motifs is 1. The number of carbonyl (C=O) groups excluding carboxylic acids is 2. The zero-order valence-corrected chi connectivity index (χ0v) is 17.7. The fourth-order valence-electron chi connectivity index (χ4n) is 3.66. The van der Waals surface area contributed by atoms with Gasteiger partial charge in [-0.15, -0.1) is 0 Å². The fraction of sp³-hybridized carbons (Fsp3) is 0.273. The van der Waals surface area contributed by atoms with Crippen molar-refractivity contribution in [1.82, 2.24) is 15.0 Å². The molecule has 0 unspecified atom stereocenters. The molecule has 1 fully saturated rings. The lowest BCUT2D eigenvalue weighted by molar-refractivity contribution is -0.121. The Morgan fingerprint density at radius 1 is 1.12 bits per heavy atom. The number of anilines is 1. The monoisotopic (exact) mass is 454 g/mol. The molecular formula is C22H19ClN4O5. The number of benzene rings is 2. The summed E-state index contributed by atoms with van der Waals surface area (Å²) in [6.45, 7) is 2.20. The normalized spacial score (nSPS) is 16.0. The van der Waals surface area contributed by atoms with E-state index in [0.717, 1.165) is 0 Å². The molecule has 0 saturated carbocycles. The Bertz CT molecular complexity index is 1170. The Balaban J connectivity index is 1.36. The highest BCUT2D eigenvalue weighted by atomic mass is 35.5. The van der Waals surface area contributed by atoms with Crippen LogP contribution in [0.25, 0.3) is 11.4 Å². The number of morpholine rings is 1. The van der Waals surface area contributed by atoms with E-state index in [-0.39, 0.29) is 30.9 Å². The molecule has 0 bridgehead atoms. The average Bonchev–Trinajstić information content (AvgIpc) is 3.30. The molecule has 2 aliphatic heterocycles. The molecule has 0 radical (unpaired) electrons. The van der Waals surface area contributed by atoms with E-state index in [9.17, 15) is 9.59 Å². The van der Waals surface area contributed by atoms with Crippen LogP contribution < -0.4 is 9.64 Å². The molecule has 0 atom stereocenters. The summed E-state index contributed by atoms with van der Waals surface area (Å²) in [6, 6.07) is 12.2. The smallest absolute Gasteiger partial charge is 0.265 e. The third kappa shape index (κ3) is 4.04. The third-order valence-corrected chi connectivity index (χ3v) is 5.53. The molecule has 1 saturated heterocycles. The van der Waals surface area contributed by atoms with Gasteiger partial charge in [0.2, 0.25) is 11.7 Å². The van der Waals surface area contributed by atoms with Crippen LogP contribution in [0.5, 0.6) is 5.75 Å². The first kappa shape index (κ1) is 20.5. The predicted octanol–water partition coefficient (Wildman–Crippen LogP) is 2.79. The Kier molecular flexibility index (Phi) is 5.50. The van der Waals surface area contributed by atoms with Crippen molar-refractivity contribution in [1.29, 1.82) is 0 Å². The predicted molar refractivity (Wildman–Crippen MR) is 115 cm³/mol. The lowest BCUT2D eigenvalue weighted by atomic mass is 10.1. The number of amides is 2. The van der Waals surface area contributed by atoms with Crippen LogP contribution in [0.4, 0.5) is 5.69 Å². The van der Waals surface area contributed by atoms with E-state index >= 15 is 0 Å². The highest BCUT2D eigenvalue weighted by Crippen LogP contribution is 2.35. The average molecular weight is 455 g/mol. The van der Waals surface area contributed by atoms with Gasteiger partial charge in [-0.25, -0.2) is 0 Å². The molecule has 0 spiro atoms. The van der Waals surface area contributed by atoms with Gasteiger partial charge in [0.1, 0.15) is 12.3 Å². The number of rotatable bonds is 4. The molecule has 3 heterocycles. The second-order valence-electron chi connectivity index (χ2n) is 7.38. The van der Waals surface area contributed by atoms with Gasteiger partial charge >= 0.3 is 0 Å². The van der Waals surface area contributed by atoms with E-state index in [1.54, 1.807) is 47.4 Å². The van der Waals surface area contributed by atoms with E-state index in [4.69, 9.17) is 25.6 Å². The Labute approximate surface area is 188 Å². The van der Waals surface area contributed by atoms with Crippen LogP contribution in [0, 0.1) is 0 Å². The molecule has 1 aromatic heterocycles. The van der Waals surface area contributed by atoms with E-state index in [2.05, 4.69) is 10.1 Å². The van der Waals surface area contributed by atoms with Gasteiger partial charge in [0, 0.05) is 29.2 Å². The molecule has 2 amide bonds. The number of hydrogen-bond acceptors (Lipinski definition) is 7. The van der Waals surface area contributed by atoms with Crippen molar-refractivity contribution in [2.24, 2.45) is 0 Å². The van der Waals surface area contributed by atoms with Crippen molar-refractivity contribution in [3.05, 3.63) is 58.9 Å². The zero-order valence-electron chi connectivity index (χ0n) is 17.0. The minimum absolute atomic E-state index is 0.0636. The number of ether oxygens (including phenoxy) is 2. The van der Waals surface area contributed by atoms with Gasteiger partial charge in [-0.1, -0.05) is 28.9 Å². The fourth-order valence-corrected chi connectivity index (χ4v) is 3.83. The van der Waals surface area contributed by atoms with Crippen LogP contribution in [-0.4, -0.2) is 59.8 Å². The zero-order chi connectivity index (χ0) is 22.1. The molecule has 5 rings (SSSR count). The Morgan fingerprint density at radius 3 is 2.81 bits per heavy atom. The largest absolute Gasteiger partial charge is 0.482 e. The van der Waals surface area contributed by atoms with Crippen molar-refractivity contribution in [3.8, 4) is 17.1 Å².